The lowest BCUT2D eigenvalue weighted by Gasteiger charge is -2.10. The van der Waals surface area contributed by atoms with Crippen LogP contribution in [0.15, 0.2) is 28.9 Å². The number of nitrogens with zero attached hydrogens (tertiary/aromatic N) is 1. The largest absolute Gasteiger partial charge is 0.495 e. The van der Waals surface area contributed by atoms with Gasteiger partial charge in [-0.2, -0.15) is 5.10 Å². The van der Waals surface area contributed by atoms with Gasteiger partial charge in [-0.1, -0.05) is 15.9 Å². The van der Waals surface area contributed by atoms with E-state index in [1.165, 1.54) is 6.20 Å². The van der Waals surface area contributed by atoms with Gasteiger partial charge in [-0.25, -0.2) is 0 Å². The number of hydrogen-bond acceptors (Lipinski definition) is 3. The molecule has 0 saturated heterocycles. The van der Waals surface area contributed by atoms with Gasteiger partial charge in [0.05, 0.1) is 24.6 Å². The van der Waals surface area contributed by atoms with Crippen LogP contribution in [0.3, 0.4) is 0 Å². The second kappa shape index (κ2) is 5.22. The summed E-state index contributed by atoms with van der Waals surface area (Å²) >= 11 is 3.35. The molecule has 1 heterocycles. The van der Waals surface area contributed by atoms with Gasteiger partial charge in [-0.15, -0.1) is 0 Å². The van der Waals surface area contributed by atoms with Crippen molar-refractivity contribution in [2.24, 2.45) is 0 Å². The molecule has 0 saturated carbocycles. The van der Waals surface area contributed by atoms with E-state index in [0.29, 0.717) is 17.0 Å². The molecule has 2 N–H and O–H groups in total. The lowest BCUT2D eigenvalue weighted by molar-refractivity contribution is 0.102. The molecule has 0 aliphatic heterocycles. The molecule has 0 aliphatic carbocycles. The second-order valence-corrected chi connectivity index (χ2v) is 4.62. The number of aromatic nitrogens is 2. The van der Waals surface area contributed by atoms with Crippen LogP contribution in [-0.4, -0.2) is 23.2 Å². The number of ether oxygens (including phenoxy) is 1. The molecule has 6 heteroatoms. The fraction of sp³-hybridized carbons (Fsp3) is 0.167. The van der Waals surface area contributed by atoms with E-state index >= 15 is 0 Å². The summed E-state index contributed by atoms with van der Waals surface area (Å²) in [5, 5.41) is 9.33. The van der Waals surface area contributed by atoms with Crippen LogP contribution in [0.5, 0.6) is 5.75 Å². The Bertz CT molecular complexity index is 580. The molecule has 2 aromatic rings. The maximum atomic E-state index is 12.0. The molecular weight excluding hydrogens is 298 g/mol. The summed E-state index contributed by atoms with van der Waals surface area (Å²) < 4.78 is 6.05. The maximum Gasteiger partial charge on any atom is 0.259 e. The Labute approximate surface area is 113 Å². The Hall–Kier alpha value is -1.82. The van der Waals surface area contributed by atoms with E-state index < -0.39 is 0 Å². The third-order valence-corrected chi connectivity index (χ3v) is 2.98. The molecule has 18 heavy (non-hydrogen) atoms. The molecule has 94 valence electrons. The number of rotatable bonds is 3. The van der Waals surface area contributed by atoms with Crippen molar-refractivity contribution in [1.29, 1.82) is 0 Å². The second-order valence-electron chi connectivity index (χ2n) is 3.71. The molecular formula is C12H12BrN3O2. The summed E-state index contributed by atoms with van der Waals surface area (Å²) in [6.45, 7) is 1.79. The van der Waals surface area contributed by atoms with E-state index in [9.17, 15) is 4.79 Å². The minimum Gasteiger partial charge on any atom is -0.495 e. The zero-order valence-electron chi connectivity index (χ0n) is 9.95. The molecule has 0 atom stereocenters. The van der Waals surface area contributed by atoms with E-state index in [1.54, 1.807) is 26.2 Å². The number of carbonyl (C=O) groups excluding carboxylic acids is 1. The van der Waals surface area contributed by atoms with Gasteiger partial charge in [0.25, 0.3) is 5.91 Å². The van der Waals surface area contributed by atoms with Gasteiger partial charge in [-0.05, 0) is 25.1 Å². The fourth-order valence-electron chi connectivity index (χ4n) is 1.55. The summed E-state index contributed by atoms with van der Waals surface area (Å²) in [4.78, 5) is 12.0. The lowest BCUT2D eigenvalue weighted by atomic mass is 10.2. The van der Waals surface area contributed by atoms with Gasteiger partial charge in [0.15, 0.2) is 0 Å². The molecule has 1 aromatic heterocycles. The minimum absolute atomic E-state index is 0.224. The molecule has 0 fully saturated rings. The molecule has 0 bridgehead atoms. The maximum absolute atomic E-state index is 12.0. The molecule has 5 nitrogen and oxygen atoms in total. The Morgan fingerprint density at radius 2 is 2.28 bits per heavy atom. The average Bonchev–Trinajstić information content (AvgIpc) is 2.76. The number of amides is 1. The summed E-state index contributed by atoms with van der Waals surface area (Å²) in [6, 6.07) is 5.41. The quantitative estimate of drug-likeness (QED) is 0.916. The molecule has 0 spiro atoms. The van der Waals surface area contributed by atoms with Crippen molar-refractivity contribution in [2.75, 3.05) is 12.4 Å². The summed E-state index contributed by atoms with van der Waals surface area (Å²) in [6.07, 6.45) is 1.50. The SMILES string of the molecule is COc1ccc(Br)cc1NC(=O)c1cn[nH]c1C. The van der Waals surface area contributed by atoms with Crippen molar-refractivity contribution in [3.63, 3.8) is 0 Å². The van der Waals surface area contributed by atoms with Crippen molar-refractivity contribution in [2.45, 2.75) is 6.92 Å². The number of anilines is 1. The van der Waals surface area contributed by atoms with Crippen LogP contribution >= 0.6 is 15.9 Å². The van der Waals surface area contributed by atoms with Crippen molar-refractivity contribution < 1.29 is 9.53 Å². The van der Waals surface area contributed by atoms with E-state index in [4.69, 9.17) is 4.74 Å². The number of benzene rings is 1. The number of nitrogens with one attached hydrogen (secondary N) is 2. The Kier molecular flexibility index (Phi) is 3.66. The minimum atomic E-state index is -0.224. The highest BCUT2D eigenvalue weighted by atomic mass is 79.9. The molecule has 1 aromatic carbocycles. The van der Waals surface area contributed by atoms with E-state index in [0.717, 1.165) is 10.2 Å². The summed E-state index contributed by atoms with van der Waals surface area (Å²) in [5.41, 5.74) is 1.84. The summed E-state index contributed by atoms with van der Waals surface area (Å²) in [5.74, 6) is 0.380. The first-order valence-corrected chi connectivity index (χ1v) is 6.06. The number of halogens is 1. The monoisotopic (exact) mass is 309 g/mol. The third kappa shape index (κ3) is 2.53. The highest BCUT2D eigenvalue weighted by Crippen LogP contribution is 2.28. The van der Waals surface area contributed by atoms with Crippen LogP contribution < -0.4 is 10.1 Å². The van der Waals surface area contributed by atoms with Gasteiger partial charge in [-0.3, -0.25) is 9.89 Å². The van der Waals surface area contributed by atoms with Gasteiger partial charge < -0.3 is 10.1 Å². The number of H-pyrrole nitrogens is 1. The van der Waals surface area contributed by atoms with Gasteiger partial charge in [0, 0.05) is 10.2 Å². The first-order chi connectivity index (χ1) is 8.61. The van der Waals surface area contributed by atoms with E-state index in [1.807, 2.05) is 6.07 Å². The number of hydrogen-bond donors (Lipinski definition) is 2. The normalized spacial score (nSPS) is 10.2. The molecule has 0 radical (unpaired) electrons. The predicted octanol–water partition coefficient (Wildman–Crippen LogP) is 2.74. The van der Waals surface area contributed by atoms with Crippen molar-refractivity contribution in [1.82, 2.24) is 10.2 Å². The Morgan fingerprint density at radius 1 is 1.50 bits per heavy atom. The molecule has 2 rings (SSSR count). The van der Waals surface area contributed by atoms with Gasteiger partial charge in [0.1, 0.15) is 5.75 Å². The third-order valence-electron chi connectivity index (χ3n) is 2.48. The van der Waals surface area contributed by atoms with Crippen LogP contribution in [0, 0.1) is 6.92 Å². The van der Waals surface area contributed by atoms with Crippen molar-refractivity contribution in [3.05, 3.63) is 40.1 Å². The summed E-state index contributed by atoms with van der Waals surface area (Å²) in [7, 11) is 1.56. The van der Waals surface area contributed by atoms with E-state index in [-0.39, 0.29) is 5.91 Å². The predicted molar refractivity (Wildman–Crippen MR) is 72.0 cm³/mol. The molecule has 1 amide bonds. The fourth-order valence-corrected chi connectivity index (χ4v) is 1.91. The number of methoxy groups -OCH3 is 1. The first kappa shape index (κ1) is 12.6. The van der Waals surface area contributed by atoms with Crippen molar-refractivity contribution >= 4 is 27.5 Å². The topological polar surface area (TPSA) is 67.0 Å². The van der Waals surface area contributed by atoms with Crippen molar-refractivity contribution in [3.8, 4) is 5.75 Å². The lowest BCUT2D eigenvalue weighted by Crippen LogP contribution is -2.13. The van der Waals surface area contributed by atoms with Gasteiger partial charge in [0.2, 0.25) is 0 Å². The smallest absolute Gasteiger partial charge is 0.259 e. The number of aryl methyl sites for hydroxylation is 1. The zero-order valence-corrected chi connectivity index (χ0v) is 11.5. The highest BCUT2D eigenvalue weighted by Gasteiger charge is 2.13. The van der Waals surface area contributed by atoms with Crippen LogP contribution in [0.2, 0.25) is 0 Å². The number of carbonyl (C=O) groups is 1. The standard InChI is InChI=1S/C12H12BrN3O2/c1-7-9(6-14-16-7)12(17)15-10-5-8(13)3-4-11(10)18-2/h3-6H,1-2H3,(H,14,16)(H,15,17). The van der Waals surface area contributed by atoms with Crippen LogP contribution in [0.1, 0.15) is 16.1 Å². The Balaban J connectivity index is 2.27. The first-order valence-electron chi connectivity index (χ1n) is 5.26. The van der Waals surface area contributed by atoms with Gasteiger partial charge >= 0.3 is 0 Å². The Morgan fingerprint density at radius 3 is 2.89 bits per heavy atom. The zero-order chi connectivity index (χ0) is 13.1. The molecule has 0 aliphatic rings. The van der Waals surface area contributed by atoms with Crippen LogP contribution in [0.4, 0.5) is 5.69 Å². The number of aromatic amines is 1. The van der Waals surface area contributed by atoms with Crippen LogP contribution in [-0.2, 0) is 0 Å². The highest BCUT2D eigenvalue weighted by molar-refractivity contribution is 9.10. The average molecular weight is 310 g/mol. The molecule has 0 unspecified atom stereocenters. The van der Waals surface area contributed by atoms with Crippen LogP contribution in [0.25, 0.3) is 0 Å². The van der Waals surface area contributed by atoms with E-state index in [2.05, 4.69) is 31.4 Å².